The van der Waals surface area contributed by atoms with E-state index in [2.05, 4.69) is 5.32 Å². The zero-order valence-electron chi connectivity index (χ0n) is 14.3. The molecule has 0 spiro atoms. The first kappa shape index (κ1) is 17.7. The number of esters is 1. The number of rotatable bonds is 5. The zero-order chi connectivity index (χ0) is 19.5. The SMILES string of the molecule is O=C(Oc1ccc2cc(C(=O)NCc3ccco3)c(=O)oc2c1)c1cccs1. The van der Waals surface area contributed by atoms with Crippen LogP contribution in [0.1, 0.15) is 25.8 Å². The molecule has 3 aromatic heterocycles. The van der Waals surface area contributed by atoms with Crippen LogP contribution in [0, 0.1) is 0 Å². The van der Waals surface area contributed by atoms with Gasteiger partial charge in [0.2, 0.25) is 0 Å². The summed E-state index contributed by atoms with van der Waals surface area (Å²) in [5, 5.41) is 4.90. The third-order valence-electron chi connectivity index (χ3n) is 3.89. The molecule has 0 unspecified atom stereocenters. The number of carbonyl (C=O) groups excluding carboxylic acids is 2. The van der Waals surface area contributed by atoms with Gasteiger partial charge in [0.05, 0.1) is 12.8 Å². The predicted octanol–water partition coefficient (Wildman–Crippen LogP) is 3.60. The first-order valence-electron chi connectivity index (χ1n) is 8.24. The molecule has 3 heterocycles. The molecule has 0 radical (unpaired) electrons. The third-order valence-corrected chi connectivity index (χ3v) is 4.74. The Morgan fingerprint density at radius 2 is 2.00 bits per heavy atom. The molecule has 0 aliphatic rings. The zero-order valence-corrected chi connectivity index (χ0v) is 15.2. The average molecular weight is 395 g/mol. The van der Waals surface area contributed by atoms with Crippen molar-refractivity contribution in [3.8, 4) is 5.75 Å². The Hall–Kier alpha value is -3.65. The topological polar surface area (TPSA) is 98.8 Å². The minimum absolute atomic E-state index is 0.123. The second kappa shape index (κ2) is 7.53. The van der Waals surface area contributed by atoms with Crippen molar-refractivity contribution in [3.05, 3.63) is 86.8 Å². The fourth-order valence-electron chi connectivity index (χ4n) is 2.54. The molecule has 140 valence electrons. The van der Waals surface area contributed by atoms with E-state index in [9.17, 15) is 14.4 Å². The summed E-state index contributed by atoms with van der Waals surface area (Å²) >= 11 is 1.27. The molecule has 4 rings (SSSR count). The van der Waals surface area contributed by atoms with Crippen LogP contribution in [0.3, 0.4) is 0 Å². The molecule has 0 aliphatic heterocycles. The van der Waals surface area contributed by atoms with Gasteiger partial charge in [0.15, 0.2) is 0 Å². The van der Waals surface area contributed by atoms with Crippen LogP contribution in [-0.4, -0.2) is 11.9 Å². The van der Waals surface area contributed by atoms with Gasteiger partial charge >= 0.3 is 11.6 Å². The van der Waals surface area contributed by atoms with Crippen LogP contribution in [0.4, 0.5) is 0 Å². The van der Waals surface area contributed by atoms with E-state index in [4.69, 9.17) is 13.6 Å². The van der Waals surface area contributed by atoms with Crippen molar-refractivity contribution in [2.45, 2.75) is 6.54 Å². The maximum absolute atomic E-state index is 12.3. The summed E-state index contributed by atoms with van der Waals surface area (Å²) in [4.78, 5) is 37.0. The number of amides is 1. The Morgan fingerprint density at radius 3 is 2.75 bits per heavy atom. The molecule has 4 aromatic rings. The first-order chi connectivity index (χ1) is 13.6. The quantitative estimate of drug-likeness (QED) is 0.315. The van der Waals surface area contributed by atoms with Crippen molar-refractivity contribution in [1.29, 1.82) is 0 Å². The fraction of sp³-hybridized carbons (Fsp3) is 0.0500. The molecule has 0 fully saturated rings. The largest absolute Gasteiger partial charge is 0.467 e. The van der Waals surface area contributed by atoms with Gasteiger partial charge in [-0.05, 0) is 41.8 Å². The minimum Gasteiger partial charge on any atom is -0.467 e. The van der Waals surface area contributed by atoms with Crippen LogP contribution in [0.25, 0.3) is 11.0 Å². The van der Waals surface area contributed by atoms with Crippen molar-refractivity contribution >= 4 is 34.2 Å². The third kappa shape index (κ3) is 3.72. The number of fused-ring (bicyclic) bond motifs is 1. The Balaban J connectivity index is 1.54. The van der Waals surface area contributed by atoms with Gasteiger partial charge in [-0.25, -0.2) is 9.59 Å². The fourth-order valence-corrected chi connectivity index (χ4v) is 3.14. The molecule has 7 nitrogen and oxygen atoms in total. The van der Waals surface area contributed by atoms with Crippen molar-refractivity contribution in [1.82, 2.24) is 5.32 Å². The normalized spacial score (nSPS) is 10.7. The van der Waals surface area contributed by atoms with Crippen LogP contribution < -0.4 is 15.7 Å². The Morgan fingerprint density at radius 1 is 1.11 bits per heavy atom. The molecule has 0 saturated carbocycles. The number of thiophene rings is 1. The van der Waals surface area contributed by atoms with Crippen LogP contribution >= 0.6 is 11.3 Å². The van der Waals surface area contributed by atoms with Gasteiger partial charge in [0, 0.05) is 11.5 Å². The van der Waals surface area contributed by atoms with Crippen molar-refractivity contribution in [2.75, 3.05) is 0 Å². The van der Waals surface area contributed by atoms with Crippen molar-refractivity contribution < 1.29 is 23.2 Å². The number of benzene rings is 1. The number of furan rings is 1. The second-order valence-electron chi connectivity index (χ2n) is 5.78. The molecule has 28 heavy (non-hydrogen) atoms. The van der Waals surface area contributed by atoms with Gasteiger partial charge in [-0.3, -0.25) is 4.79 Å². The average Bonchev–Trinajstić information content (AvgIpc) is 3.39. The molecular formula is C20H13NO6S. The lowest BCUT2D eigenvalue weighted by Crippen LogP contribution is -2.27. The maximum Gasteiger partial charge on any atom is 0.353 e. The summed E-state index contributed by atoms with van der Waals surface area (Å²) in [5.41, 5.74) is -0.697. The van der Waals surface area contributed by atoms with E-state index in [-0.39, 0.29) is 23.4 Å². The van der Waals surface area contributed by atoms with Crippen LogP contribution in [0.5, 0.6) is 5.75 Å². The van der Waals surface area contributed by atoms with E-state index in [0.717, 1.165) is 0 Å². The molecule has 0 saturated heterocycles. The van der Waals surface area contributed by atoms with E-state index in [1.54, 1.807) is 41.8 Å². The summed E-state index contributed by atoms with van der Waals surface area (Å²) in [6, 6.07) is 12.9. The van der Waals surface area contributed by atoms with Gasteiger partial charge in [0.1, 0.15) is 27.5 Å². The van der Waals surface area contributed by atoms with Crippen molar-refractivity contribution in [3.63, 3.8) is 0 Å². The lowest BCUT2D eigenvalue weighted by Gasteiger charge is -2.06. The Kier molecular flexibility index (Phi) is 4.77. The lowest BCUT2D eigenvalue weighted by molar-refractivity contribution is 0.0739. The molecule has 0 atom stereocenters. The number of nitrogens with one attached hydrogen (secondary N) is 1. The van der Waals surface area contributed by atoms with E-state index in [0.29, 0.717) is 16.0 Å². The summed E-state index contributed by atoms with van der Waals surface area (Å²) in [6.45, 7) is 0.154. The highest BCUT2D eigenvalue weighted by molar-refractivity contribution is 7.12. The standard InChI is InChI=1S/C20H13NO6S/c22-18(21-11-14-3-1-7-25-14)15-9-12-5-6-13(10-16(12)27-19(15)23)26-20(24)17-4-2-8-28-17/h1-10H,11H2,(H,21,22). The number of hydrogen-bond acceptors (Lipinski definition) is 7. The van der Waals surface area contributed by atoms with Gasteiger partial charge in [0.25, 0.3) is 5.91 Å². The molecule has 1 aromatic carbocycles. The number of ether oxygens (including phenoxy) is 1. The highest BCUT2D eigenvalue weighted by Crippen LogP contribution is 2.22. The molecule has 0 aliphatic carbocycles. The van der Waals surface area contributed by atoms with Crippen molar-refractivity contribution in [2.24, 2.45) is 0 Å². The van der Waals surface area contributed by atoms with E-state index >= 15 is 0 Å². The maximum atomic E-state index is 12.3. The number of hydrogen-bond donors (Lipinski definition) is 1. The molecule has 0 bridgehead atoms. The summed E-state index contributed by atoms with van der Waals surface area (Å²) < 4.78 is 15.7. The van der Waals surface area contributed by atoms with Crippen LogP contribution in [-0.2, 0) is 6.54 Å². The van der Waals surface area contributed by atoms with Crippen LogP contribution in [0.15, 0.2) is 73.8 Å². The summed E-state index contributed by atoms with van der Waals surface area (Å²) in [5.74, 6) is -0.259. The van der Waals surface area contributed by atoms with Gasteiger partial charge in [-0.1, -0.05) is 6.07 Å². The summed E-state index contributed by atoms with van der Waals surface area (Å²) in [6.07, 6.45) is 1.49. The smallest absolute Gasteiger partial charge is 0.353 e. The highest BCUT2D eigenvalue weighted by atomic mass is 32.1. The monoisotopic (exact) mass is 395 g/mol. The summed E-state index contributed by atoms with van der Waals surface area (Å²) in [7, 11) is 0. The van der Waals surface area contributed by atoms with Gasteiger partial charge < -0.3 is 18.9 Å². The Labute approximate surface area is 162 Å². The lowest BCUT2D eigenvalue weighted by atomic mass is 10.1. The van der Waals surface area contributed by atoms with E-state index in [1.165, 1.54) is 29.7 Å². The first-order valence-corrected chi connectivity index (χ1v) is 9.12. The highest BCUT2D eigenvalue weighted by Gasteiger charge is 2.15. The second-order valence-corrected chi connectivity index (χ2v) is 6.72. The molecule has 8 heteroatoms. The predicted molar refractivity (Wildman–Crippen MR) is 102 cm³/mol. The molecular weight excluding hydrogens is 382 g/mol. The number of carbonyl (C=O) groups is 2. The minimum atomic E-state index is -0.786. The van der Waals surface area contributed by atoms with Crippen LogP contribution in [0.2, 0.25) is 0 Å². The molecule has 1 amide bonds. The van der Waals surface area contributed by atoms with E-state index in [1.807, 2.05) is 0 Å². The Bertz CT molecular complexity index is 1190. The van der Waals surface area contributed by atoms with E-state index < -0.39 is 17.5 Å². The molecule has 1 N–H and O–H groups in total. The van der Waals surface area contributed by atoms with Gasteiger partial charge in [-0.2, -0.15) is 0 Å². The van der Waals surface area contributed by atoms with Gasteiger partial charge in [-0.15, -0.1) is 11.3 Å².